The summed E-state index contributed by atoms with van der Waals surface area (Å²) in [4.78, 5) is 67.1. The Balaban J connectivity index is 4.47. The lowest BCUT2D eigenvalue weighted by Crippen LogP contribution is -2.39. The van der Waals surface area contributed by atoms with Crippen LogP contribution < -0.4 is 17.2 Å². The molecular formula is C14H21N3O10. The highest BCUT2D eigenvalue weighted by Gasteiger charge is 2.28. The summed E-state index contributed by atoms with van der Waals surface area (Å²) in [5, 5.41) is 17.1. The highest BCUT2D eigenvalue weighted by Crippen LogP contribution is 2.10. The molecular weight excluding hydrogens is 370 g/mol. The van der Waals surface area contributed by atoms with E-state index in [2.05, 4.69) is 9.47 Å². The van der Waals surface area contributed by atoms with Crippen molar-refractivity contribution in [2.75, 3.05) is 0 Å². The van der Waals surface area contributed by atoms with E-state index in [1.807, 2.05) is 0 Å². The molecule has 8 N–H and O–H groups in total. The fraction of sp³-hybridized carbons (Fsp3) is 0.571. The Labute approximate surface area is 152 Å². The van der Waals surface area contributed by atoms with Gasteiger partial charge in [0.1, 0.15) is 18.1 Å². The maximum absolute atomic E-state index is 11.7. The second-order valence-electron chi connectivity index (χ2n) is 5.63. The van der Waals surface area contributed by atoms with Crippen LogP contribution in [0.5, 0.6) is 0 Å². The highest BCUT2D eigenvalue weighted by molar-refractivity contribution is 5.92. The third-order valence-electron chi connectivity index (χ3n) is 3.15. The van der Waals surface area contributed by atoms with Crippen molar-refractivity contribution in [3.05, 3.63) is 0 Å². The predicted molar refractivity (Wildman–Crippen MR) is 84.4 cm³/mol. The SMILES string of the molecule is C[C@H](C[C@H](N)C(=O)OC(=O)C[C@H](N)C(=O)O)C(=O)OC(=O)C[C@H](N)C(=O)O. The highest BCUT2D eigenvalue weighted by atomic mass is 16.6. The fourth-order valence-corrected chi connectivity index (χ4v) is 1.59. The van der Waals surface area contributed by atoms with E-state index < -0.39 is 72.7 Å². The van der Waals surface area contributed by atoms with Crippen LogP contribution in [0.2, 0.25) is 0 Å². The summed E-state index contributed by atoms with van der Waals surface area (Å²) < 4.78 is 8.72. The Bertz CT molecular complexity index is 568. The number of carboxylic acids is 2. The van der Waals surface area contributed by atoms with E-state index in [1.54, 1.807) is 0 Å². The lowest BCUT2D eigenvalue weighted by atomic mass is 10.0. The molecule has 0 radical (unpaired) electrons. The molecule has 0 fully saturated rings. The van der Waals surface area contributed by atoms with Gasteiger partial charge >= 0.3 is 35.8 Å². The van der Waals surface area contributed by atoms with Crippen LogP contribution in [-0.2, 0) is 38.2 Å². The quantitative estimate of drug-likeness (QED) is 0.185. The van der Waals surface area contributed by atoms with E-state index in [0.29, 0.717) is 0 Å². The predicted octanol–water partition coefficient (Wildman–Crippen LogP) is -2.92. The smallest absolute Gasteiger partial charge is 0.330 e. The molecule has 0 unspecified atom stereocenters. The molecule has 0 spiro atoms. The number of carbonyl (C=O) groups excluding carboxylic acids is 4. The number of ether oxygens (including phenoxy) is 2. The molecule has 152 valence electrons. The van der Waals surface area contributed by atoms with Gasteiger partial charge in [-0.25, -0.2) is 4.79 Å². The minimum atomic E-state index is -1.56. The number of carbonyl (C=O) groups is 6. The van der Waals surface area contributed by atoms with Gasteiger partial charge in [-0.1, -0.05) is 6.92 Å². The first-order valence-electron chi connectivity index (χ1n) is 7.56. The third kappa shape index (κ3) is 9.39. The Morgan fingerprint density at radius 1 is 0.741 bits per heavy atom. The van der Waals surface area contributed by atoms with Gasteiger partial charge in [0.05, 0.1) is 18.8 Å². The maximum atomic E-state index is 11.7. The van der Waals surface area contributed by atoms with Gasteiger partial charge in [0.2, 0.25) is 0 Å². The fourth-order valence-electron chi connectivity index (χ4n) is 1.59. The van der Waals surface area contributed by atoms with Crippen LogP contribution in [0.3, 0.4) is 0 Å². The second kappa shape index (κ2) is 10.9. The average molecular weight is 391 g/mol. The monoisotopic (exact) mass is 391 g/mol. The second-order valence-corrected chi connectivity index (χ2v) is 5.63. The largest absolute Gasteiger partial charge is 0.480 e. The van der Waals surface area contributed by atoms with Gasteiger partial charge < -0.3 is 36.9 Å². The number of esters is 4. The Kier molecular flexibility index (Phi) is 9.77. The number of hydrogen-bond acceptors (Lipinski definition) is 11. The topological polar surface area (TPSA) is 239 Å². The van der Waals surface area contributed by atoms with Crippen molar-refractivity contribution < 1.29 is 48.5 Å². The van der Waals surface area contributed by atoms with Crippen LogP contribution in [0.1, 0.15) is 26.2 Å². The molecule has 0 amide bonds. The molecule has 0 aliphatic rings. The zero-order chi connectivity index (χ0) is 21.3. The molecule has 0 rings (SSSR count). The Hall–Kier alpha value is -2.90. The molecule has 0 heterocycles. The van der Waals surface area contributed by atoms with Gasteiger partial charge in [-0.15, -0.1) is 0 Å². The van der Waals surface area contributed by atoms with E-state index in [9.17, 15) is 28.8 Å². The van der Waals surface area contributed by atoms with Crippen LogP contribution in [0.15, 0.2) is 0 Å². The molecule has 27 heavy (non-hydrogen) atoms. The molecule has 4 atom stereocenters. The summed E-state index contributed by atoms with van der Waals surface area (Å²) in [5.74, 6) is -8.68. The molecule has 0 saturated heterocycles. The van der Waals surface area contributed by atoms with Gasteiger partial charge in [0, 0.05) is 0 Å². The first-order chi connectivity index (χ1) is 12.3. The number of rotatable bonds is 10. The van der Waals surface area contributed by atoms with Gasteiger partial charge in [0.15, 0.2) is 0 Å². The molecule has 13 nitrogen and oxygen atoms in total. The molecule has 0 aromatic carbocycles. The lowest BCUT2D eigenvalue weighted by Gasteiger charge is -2.15. The average Bonchev–Trinajstić information content (AvgIpc) is 2.53. The molecule has 0 saturated carbocycles. The normalized spacial score (nSPS) is 15.0. The van der Waals surface area contributed by atoms with Crippen LogP contribution in [-0.4, -0.2) is 64.2 Å². The summed E-state index contributed by atoms with van der Waals surface area (Å²) >= 11 is 0. The van der Waals surface area contributed by atoms with E-state index >= 15 is 0 Å². The number of aliphatic carboxylic acids is 2. The summed E-state index contributed by atoms with van der Waals surface area (Å²) in [6.45, 7) is 1.27. The minimum Gasteiger partial charge on any atom is -0.480 e. The van der Waals surface area contributed by atoms with Crippen LogP contribution >= 0.6 is 0 Å². The number of nitrogens with two attached hydrogens (primary N) is 3. The van der Waals surface area contributed by atoms with E-state index in [-0.39, 0.29) is 6.42 Å². The van der Waals surface area contributed by atoms with Crippen molar-refractivity contribution in [1.82, 2.24) is 0 Å². The Morgan fingerprint density at radius 2 is 1.11 bits per heavy atom. The Morgan fingerprint density at radius 3 is 1.48 bits per heavy atom. The van der Waals surface area contributed by atoms with E-state index in [4.69, 9.17) is 27.4 Å². The summed E-state index contributed by atoms with van der Waals surface area (Å²) in [5.41, 5.74) is 15.7. The van der Waals surface area contributed by atoms with Crippen molar-refractivity contribution in [2.45, 2.75) is 44.3 Å². The van der Waals surface area contributed by atoms with Gasteiger partial charge in [0.25, 0.3) is 0 Å². The standard InChI is InChI=1S/C14H21N3O10/c1-5(13(24)26-9(18)3-6(15)11(20)21)2-8(17)14(25)27-10(19)4-7(16)12(22)23/h5-8H,2-4,15-17H2,1H3,(H,20,21)(H,22,23)/t5-,6+,7+,8+/m1/s1. The van der Waals surface area contributed by atoms with Crippen molar-refractivity contribution in [3.63, 3.8) is 0 Å². The molecule has 0 bridgehead atoms. The zero-order valence-corrected chi connectivity index (χ0v) is 14.3. The molecule has 0 aromatic heterocycles. The van der Waals surface area contributed by atoms with Crippen LogP contribution in [0.25, 0.3) is 0 Å². The van der Waals surface area contributed by atoms with Crippen molar-refractivity contribution >= 4 is 35.8 Å². The molecule has 0 aliphatic carbocycles. The minimum absolute atomic E-state index is 0.367. The van der Waals surface area contributed by atoms with Crippen LogP contribution in [0.4, 0.5) is 0 Å². The van der Waals surface area contributed by atoms with E-state index in [1.165, 1.54) is 6.92 Å². The van der Waals surface area contributed by atoms with Gasteiger partial charge in [-0.3, -0.25) is 24.0 Å². The number of hydrogen-bond donors (Lipinski definition) is 5. The maximum Gasteiger partial charge on any atom is 0.330 e. The molecule has 13 heteroatoms. The first-order valence-corrected chi connectivity index (χ1v) is 7.56. The lowest BCUT2D eigenvalue weighted by molar-refractivity contribution is -0.164. The van der Waals surface area contributed by atoms with Crippen molar-refractivity contribution in [2.24, 2.45) is 23.1 Å². The summed E-state index contributed by atoms with van der Waals surface area (Å²) in [6, 6.07) is -4.55. The number of carboxylic acid groups (broad SMARTS) is 2. The van der Waals surface area contributed by atoms with Crippen LogP contribution in [0, 0.1) is 5.92 Å². The van der Waals surface area contributed by atoms with Gasteiger partial charge in [-0.05, 0) is 6.42 Å². The summed E-state index contributed by atoms with van der Waals surface area (Å²) in [7, 11) is 0. The van der Waals surface area contributed by atoms with Crippen molar-refractivity contribution in [3.8, 4) is 0 Å². The van der Waals surface area contributed by atoms with Gasteiger partial charge in [-0.2, -0.15) is 0 Å². The van der Waals surface area contributed by atoms with Crippen molar-refractivity contribution in [1.29, 1.82) is 0 Å². The van der Waals surface area contributed by atoms with E-state index in [0.717, 1.165) is 0 Å². The molecule has 0 aliphatic heterocycles. The first kappa shape index (κ1) is 24.1. The molecule has 0 aromatic rings. The zero-order valence-electron chi connectivity index (χ0n) is 14.3. The third-order valence-corrected chi connectivity index (χ3v) is 3.15. The summed E-state index contributed by atoms with van der Waals surface area (Å²) in [6.07, 6.45) is -1.86.